The van der Waals surface area contributed by atoms with Gasteiger partial charge in [0.25, 0.3) is 5.91 Å². The van der Waals surface area contributed by atoms with Crippen molar-refractivity contribution >= 4 is 41.2 Å². The van der Waals surface area contributed by atoms with E-state index in [1.165, 1.54) is 16.7 Å². The van der Waals surface area contributed by atoms with Crippen molar-refractivity contribution in [3.63, 3.8) is 0 Å². The van der Waals surface area contributed by atoms with Crippen LogP contribution in [0.1, 0.15) is 50.2 Å². The number of β-lactam (4-membered cyclic amide) rings is 1. The average molecular weight is 640 g/mol. The number of carbonyl (C=O) groups excluding carboxylic acids is 4. The van der Waals surface area contributed by atoms with E-state index >= 15 is 0 Å². The summed E-state index contributed by atoms with van der Waals surface area (Å²) >= 11 is 1.36. The third-order valence-electron chi connectivity index (χ3n) is 7.59. The summed E-state index contributed by atoms with van der Waals surface area (Å²) in [5.41, 5.74) is 1.93. The number of thioether (sulfide) groups is 1. The zero-order chi connectivity index (χ0) is 32.4. The number of rotatable bonds is 7. The fourth-order valence-corrected chi connectivity index (χ4v) is 6.98. The number of hydrogen-bond acceptors (Lipinski definition) is 9. The highest BCUT2D eigenvalue weighted by atomic mass is 32.2. The number of benzene rings is 2. The highest BCUT2D eigenvalue weighted by molar-refractivity contribution is 8.00. The van der Waals surface area contributed by atoms with E-state index in [1.54, 1.807) is 39.2 Å². The molecule has 6 rings (SSSR count). The predicted molar refractivity (Wildman–Crippen MR) is 171 cm³/mol. The van der Waals surface area contributed by atoms with Crippen LogP contribution in [0, 0.1) is 0 Å². The molecular weight excluding hydrogens is 606 g/mol. The van der Waals surface area contributed by atoms with Crippen LogP contribution in [0.15, 0.2) is 96.0 Å². The summed E-state index contributed by atoms with van der Waals surface area (Å²) in [5.74, 6) is -1.07. The Labute approximate surface area is 270 Å². The summed E-state index contributed by atoms with van der Waals surface area (Å²) in [6.45, 7) is 5.61. The number of hydrogen-bond donors (Lipinski definition) is 2. The third-order valence-corrected chi connectivity index (χ3v) is 8.87. The van der Waals surface area contributed by atoms with Gasteiger partial charge in [-0.3, -0.25) is 14.5 Å². The van der Waals surface area contributed by atoms with Crippen LogP contribution >= 0.6 is 11.8 Å². The SMILES string of the molecule is CC(C)(C)OC(=O)N[C@@H]1C(=O)N2C(C(=O)OC(c3ccccc3)c3ccccc3)=C(C(=C3CCNC3=O)c3ncccn3)CS[C@H]12. The Morgan fingerprint density at radius 3 is 2.17 bits per heavy atom. The molecule has 3 aliphatic heterocycles. The summed E-state index contributed by atoms with van der Waals surface area (Å²) < 4.78 is 11.7. The maximum absolute atomic E-state index is 14.5. The second-order valence-electron chi connectivity index (χ2n) is 11.9. The maximum atomic E-state index is 14.5. The van der Waals surface area contributed by atoms with Gasteiger partial charge in [-0.05, 0) is 44.4 Å². The quantitative estimate of drug-likeness (QED) is 0.222. The molecule has 236 valence electrons. The molecule has 2 aromatic carbocycles. The molecule has 2 atom stereocenters. The van der Waals surface area contributed by atoms with Gasteiger partial charge in [-0.1, -0.05) is 60.7 Å². The molecule has 3 aliphatic rings. The molecule has 11 nitrogen and oxygen atoms in total. The van der Waals surface area contributed by atoms with Gasteiger partial charge >= 0.3 is 12.1 Å². The first-order valence-corrected chi connectivity index (χ1v) is 15.9. The zero-order valence-corrected chi connectivity index (χ0v) is 26.4. The van der Waals surface area contributed by atoms with Crippen LogP contribution in [0.3, 0.4) is 0 Å². The van der Waals surface area contributed by atoms with Crippen LogP contribution in [0.4, 0.5) is 4.79 Å². The van der Waals surface area contributed by atoms with E-state index in [9.17, 15) is 19.2 Å². The van der Waals surface area contributed by atoms with Crippen molar-refractivity contribution in [2.45, 2.75) is 50.3 Å². The zero-order valence-electron chi connectivity index (χ0n) is 25.6. The highest BCUT2D eigenvalue weighted by Gasteiger charge is 2.55. The normalized spacial score (nSPS) is 20.5. The Morgan fingerprint density at radius 1 is 0.978 bits per heavy atom. The molecule has 4 heterocycles. The lowest BCUT2D eigenvalue weighted by molar-refractivity contribution is -0.153. The number of fused-ring (bicyclic) bond motifs is 1. The molecule has 1 aromatic heterocycles. The molecule has 0 aliphatic carbocycles. The average Bonchev–Trinajstić information content (AvgIpc) is 3.47. The largest absolute Gasteiger partial charge is 0.448 e. The van der Waals surface area contributed by atoms with Gasteiger partial charge in [0.2, 0.25) is 5.91 Å². The number of nitrogens with one attached hydrogen (secondary N) is 2. The molecule has 0 saturated carbocycles. The van der Waals surface area contributed by atoms with Crippen LogP contribution in [0.2, 0.25) is 0 Å². The lowest BCUT2D eigenvalue weighted by Gasteiger charge is -2.50. The van der Waals surface area contributed by atoms with Crippen molar-refractivity contribution in [1.82, 2.24) is 25.5 Å². The van der Waals surface area contributed by atoms with Crippen molar-refractivity contribution in [3.05, 3.63) is 113 Å². The number of ether oxygens (including phenoxy) is 2. The van der Waals surface area contributed by atoms with E-state index in [4.69, 9.17) is 9.47 Å². The second kappa shape index (κ2) is 12.8. The molecule has 2 saturated heterocycles. The number of amides is 3. The molecule has 12 heteroatoms. The minimum atomic E-state index is -0.929. The molecule has 46 heavy (non-hydrogen) atoms. The van der Waals surface area contributed by atoms with Crippen LogP contribution in [0.25, 0.3) is 5.57 Å². The number of esters is 1. The fraction of sp³-hybridized carbons (Fsp3) is 0.294. The second-order valence-corrected chi connectivity index (χ2v) is 13.0. The highest BCUT2D eigenvalue weighted by Crippen LogP contribution is 2.46. The minimum absolute atomic E-state index is 0.0116. The molecule has 0 bridgehead atoms. The van der Waals surface area contributed by atoms with E-state index < -0.39 is 41.1 Å². The summed E-state index contributed by atoms with van der Waals surface area (Å²) in [5, 5.41) is 4.88. The van der Waals surface area contributed by atoms with Gasteiger partial charge in [-0.25, -0.2) is 19.6 Å². The Bertz CT molecular complexity index is 1680. The molecule has 0 spiro atoms. The van der Waals surface area contributed by atoms with Gasteiger partial charge in [0.15, 0.2) is 11.9 Å². The molecular formula is C34H33N5O6S. The van der Waals surface area contributed by atoms with E-state index in [1.807, 2.05) is 60.7 Å². The molecule has 3 aromatic rings. The fourth-order valence-electron chi connectivity index (χ4n) is 5.62. The van der Waals surface area contributed by atoms with Crippen molar-refractivity contribution < 1.29 is 28.7 Å². The number of aromatic nitrogens is 2. The molecule has 3 amide bonds. The maximum Gasteiger partial charge on any atom is 0.408 e. The predicted octanol–water partition coefficient (Wildman–Crippen LogP) is 4.15. The van der Waals surface area contributed by atoms with E-state index in [0.29, 0.717) is 29.7 Å². The lowest BCUT2D eigenvalue weighted by Crippen LogP contribution is -2.70. The van der Waals surface area contributed by atoms with Gasteiger partial charge in [-0.15, -0.1) is 11.8 Å². The summed E-state index contributed by atoms with van der Waals surface area (Å²) in [4.78, 5) is 64.2. The van der Waals surface area contributed by atoms with Crippen molar-refractivity contribution in [1.29, 1.82) is 0 Å². The van der Waals surface area contributed by atoms with Crippen molar-refractivity contribution in [2.75, 3.05) is 12.3 Å². The van der Waals surface area contributed by atoms with E-state index in [-0.39, 0.29) is 23.2 Å². The van der Waals surface area contributed by atoms with Gasteiger partial charge < -0.3 is 20.1 Å². The van der Waals surface area contributed by atoms with Crippen molar-refractivity contribution in [3.8, 4) is 0 Å². The first-order valence-electron chi connectivity index (χ1n) is 14.9. The van der Waals surface area contributed by atoms with Gasteiger partial charge in [0.1, 0.15) is 22.7 Å². The monoisotopic (exact) mass is 639 g/mol. The Balaban J connectivity index is 1.45. The van der Waals surface area contributed by atoms with Crippen LogP contribution in [0.5, 0.6) is 0 Å². The summed E-state index contributed by atoms with van der Waals surface area (Å²) in [6.07, 6.45) is 1.98. The third kappa shape index (κ3) is 6.25. The van der Waals surface area contributed by atoms with Crippen molar-refractivity contribution in [2.24, 2.45) is 0 Å². The van der Waals surface area contributed by atoms with Gasteiger partial charge in [0, 0.05) is 41.4 Å². The van der Waals surface area contributed by atoms with E-state index in [2.05, 4.69) is 20.6 Å². The minimum Gasteiger partial charge on any atom is -0.448 e. The number of carbonyl (C=O) groups is 4. The molecule has 2 fully saturated rings. The van der Waals surface area contributed by atoms with Crippen LogP contribution < -0.4 is 10.6 Å². The van der Waals surface area contributed by atoms with E-state index in [0.717, 1.165) is 11.1 Å². The van der Waals surface area contributed by atoms with Crippen LogP contribution in [-0.2, 0) is 23.9 Å². The summed E-state index contributed by atoms with van der Waals surface area (Å²) in [6, 6.07) is 19.4. The Kier molecular flexibility index (Phi) is 8.63. The van der Waals surface area contributed by atoms with Gasteiger partial charge in [-0.2, -0.15) is 0 Å². The smallest absolute Gasteiger partial charge is 0.408 e. The Hall–Kier alpha value is -4.97. The molecule has 0 unspecified atom stereocenters. The topological polar surface area (TPSA) is 140 Å². The molecule has 2 N–H and O–H groups in total. The van der Waals surface area contributed by atoms with Crippen LogP contribution in [-0.4, -0.2) is 68.1 Å². The number of alkyl carbamates (subject to hydrolysis) is 1. The number of allylic oxidation sites excluding steroid dienone is 1. The van der Waals surface area contributed by atoms with Gasteiger partial charge in [0.05, 0.1) is 0 Å². The lowest BCUT2D eigenvalue weighted by atomic mass is 9.94. The standard InChI is InChI=1S/C34H33N5O6S/c1-34(2,3)45-33(43)38-25-30(41)39-26(32(42)44-27(20-11-6-4-7-12-20)21-13-8-5-9-14-21)23(19-46-31(25)39)24(22-15-18-37-29(22)40)28-35-16-10-17-36-28/h4-14,16-17,25,27,31H,15,18-19H2,1-3H3,(H,37,40)(H,38,43)/t25-,31-/m1/s1. The first-order chi connectivity index (χ1) is 22.1. The summed E-state index contributed by atoms with van der Waals surface area (Å²) in [7, 11) is 0. The first kappa shape index (κ1) is 31.0. The number of nitrogens with zero attached hydrogens (tertiary/aromatic N) is 3. The molecule has 0 radical (unpaired) electrons. The Morgan fingerprint density at radius 2 is 1.61 bits per heavy atom.